The standard InChI is InChI=1S/C11H15ClN2S/c1-8(2)7-13-11(15)14-10-5-3-4-9(12)6-10/h3-6,8H,7H2,1-2H3,(H2,13,14,15). The summed E-state index contributed by atoms with van der Waals surface area (Å²) in [4.78, 5) is 0. The second-order valence-electron chi connectivity index (χ2n) is 3.74. The summed E-state index contributed by atoms with van der Waals surface area (Å²) < 4.78 is 0. The molecule has 0 fully saturated rings. The summed E-state index contributed by atoms with van der Waals surface area (Å²) in [5.41, 5.74) is 0.906. The summed E-state index contributed by atoms with van der Waals surface area (Å²) in [6.07, 6.45) is 0. The Hall–Kier alpha value is -0.800. The highest BCUT2D eigenvalue weighted by Gasteiger charge is 1.99. The maximum atomic E-state index is 5.85. The fraction of sp³-hybridized carbons (Fsp3) is 0.364. The van der Waals surface area contributed by atoms with Crippen LogP contribution in [0.1, 0.15) is 13.8 Å². The van der Waals surface area contributed by atoms with Gasteiger partial charge in [0.15, 0.2) is 5.11 Å². The van der Waals surface area contributed by atoms with Gasteiger partial charge in [0.2, 0.25) is 0 Å². The molecule has 0 radical (unpaired) electrons. The number of hydrogen-bond donors (Lipinski definition) is 2. The molecule has 1 rings (SSSR count). The zero-order chi connectivity index (χ0) is 11.3. The van der Waals surface area contributed by atoms with Crippen molar-refractivity contribution in [3.05, 3.63) is 29.3 Å². The van der Waals surface area contributed by atoms with Crippen LogP contribution in [0, 0.1) is 5.92 Å². The summed E-state index contributed by atoms with van der Waals surface area (Å²) in [5.74, 6) is 0.573. The predicted octanol–water partition coefficient (Wildman–Crippen LogP) is 3.28. The quantitative estimate of drug-likeness (QED) is 0.796. The lowest BCUT2D eigenvalue weighted by molar-refractivity contribution is 0.627. The first-order valence-corrected chi connectivity index (χ1v) is 5.67. The molecule has 0 atom stereocenters. The van der Waals surface area contributed by atoms with Gasteiger partial charge >= 0.3 is 0 Å². The van der Waals surface area contributed by atoms with Gasteiger partial charge in [0.1, 0.15) is 0 Å². The monoisotopic (exact) mass is 242 g/mol. The van der Waals surface area contributed by atoms with Gasteiger partial charge in [-0.2, -0.15) is 0 Å². The Kier molecular flexibility index (Phi) is 4.85. The van der Waals surface area contributed by atoms with Crippen molar-refractivity contribution >= 4 is 34.6 Å². The molecule has 1 aromatic rings. The van der Waals surface area contributed by atoms with Crippen molar-refractivity contribution in [1.29, 1.82) is 0 Å². The average molecular weight is 243 g/mol. The fourth-order valence-corrected chi connectivity index (χ4v) is 1.43. The number of hydrogen-bond acceptors (Lipinski definition) is 1. The molecule has 4 heteroatoms. The summed E-state index contributed by atoms with van der Waals surface area (Å²) in [6, 6.07) is 7.48. The number of thiocarbonyl (C=S) groups is 1. The first-order chi connectivity index (χ1) is 7.08. The van der Waals surface area contributed by atoms with Crippen molar-refractivity contribution < 1.29 is 0 Å². The van der Waals surface area contributed by atoms with E-state index in [9.17, 15) is 0 Å². The van der Waals surface area contributed by atoms with Crippen LogP contribution in [-0.2, 0) is 0 Å². The Morgan fingerprint density at radius 3 is 2.80 bits per heavy atom. The van der Waals surface area contributed by atoms with Crippen molar-refractivity contribution in [2.24, 2.45) is 5.92 Å². The van der Waals surface area contributed by atoms with E-state index in [2.05, 4.69) is 24.5 Å². The lowest BCUT2D eigenvalue weighted by Gasteiger charge is -2.12. The zero-order valence-electron chi connectivity index (χ0n) is 8.88. The van der Waals surface area contributed by atoms with E-state index in [0.717, 1.165) is 12.2 Å². The van der Waals surface area contributed by atoms with Gasteiger partial charge in [0.25, 0.3) is 0 Å². The van der Waals surface area contributed by atoms with E-state index in [-0.39, 0.29) is 0 Å². The lowest BCUT2D eigenvalue weighted by Crippen LogP contribution is -2.31. The highest BCUT2D eigenvalue weighted by molar-refractivity contribution is 7.80. The summed E-state index contributed by atoms with van der Waals surface area (Å²) in [5, 5.41) is 7.53. The van der Waals surface area contributed by atoms with E-state index < -0.39 is 0 Å². The maximum absolute atomic E-state index is 5.85. The Morgan fingerprint density at radius 2 is 2.20 bits per heavy atom. The summed E-state index contributed by atoms with van der Waals surface area (Å²) >= 11 is 11.0. The van der Waals surface area contributed by atoms with Crippen LogP contribution >= 0.6 is 23.8 Å². The van der Waals surface area contributed by atoms with Crippen LogP contribution in [0.15, 0.2) is 24.3 Å². The van der Waals surface area contributed by atoms with Gasteiger partial charge in [-0.15, -0.1) is 0 Å². The highest BCUT2D eigenvalue weighted by atomic mass is 35.5. The van der Waals surface area contributed by atoms with Crippen LogP contribution < -0.4 is 10.6 Å². The van der Waals surface area contributed by atoms with Crippen LogP contribution in [0.5, 0.6) is 0 Å². The van der Waals surface area contributed by atoms with Crippen molar-refractivity contribution in [3.8, 4) is 0 Å². The van der Waals surface area contributed by atoms with E-state index in [1.165, 1.54) is 0 Å². The second-order valence-corrected chi connectivity index (χ2v) is 4.58. The number of anilines is 1. The van der Waals surface area contributed by atoms with Crippen LogP contribution in [0.4, 0.5) is 5.69 Å². The van der Waals surface area contributed by atoms with Gasteiger partial charge in [-0.3, -0.25) is 0 Å². The molecule has 0 aliphatic carbocycles. The number of nitrogens with one attached hydrogen (secondary N) is 2. The molecule has 0 saturated carbocycles. The van der Waals surface area contributed by atoms with Crippen LogP contribution in [0.2, 0.25) is 5.02 Å². The van der Waals surface area contributed by atoms with Crippen molar-refractivity contribution in [2.75, 3.05) is 11.9 Å². The molecule has 1 aromatic carbocycles. The molecular formula is C11H15ClN2S. The van der Waals surface area contributed by atoms with E-state index >= 15 is 0 Å². The van der Waals surface area contributed by atoms with Gasteiger partial charge < -0.3 is 10.6 Å². The highest BCUT2D eigenvalue weighted by Crippen LogP contribution is 2.14. The van der Waals surface area contributed by atoms with Crippen molar-refractivity contribution in [3.63, 3.8) is 0 Å². The Bertz CT molecular complexity index is 339. The van der Waals surface area contributed by atoms with Crippen LogP contribution in [0.3, 0.4) is 0 Å². The molecule has 0 heterocycles. The molecule has 0 aliphatic rings. The summed E-state index contributed by atoms with van der Waals surface area (Å²) in [6.45, 7) is 5.14. The molecule has 0 aromatic heterocycles. The third-order valence-electron chi connectivity index (χ3n) is 1.75. The lowest BCUT2D eigenvalue weighted by atomic mass is 10.2. The minimum absolute atomic E-state index is 0.573. The molecule has 15 heavy (non-hydrogen) atoms. The molecule has 2 N–H and O–H groups in total. The Morgan fingerprint density at radius 1 is 1.47 bits per heavy atom. The van der Waals surface area contributed by atoms with Gasteiger partial charge in [-0.1, -0.05) is 31.5 Å². The SMILES string of the molecule is CC(C)CNC(=S)Nc1cccc(Cl)c1. The normalized spacial score (nSPS) is 10.1. The van der Waals surface area contributed by atoms with Crippen LogP contribution in [0.25, 0.3) is 0 Å². The maximum Gasteiger partial charge on any atom is 0.170 e. The average Bonchev–Trinajstić information content (AvgIpc) is 2.15. The number of benzene rings is 1. The van der Waals surface area contributed by atoms with Gasteiger partial charge in [-0.05, 0) is 36.3 Å². The fourth-order valence-electron chi connectivity index (χ4n) is 1.04. The molecule has 82 valence electrons. The minimum atomic E-state index is 0.573. The van der Waals surface area contributed by atoms with Gasteiger partial charge in [0.05, 0.1) is 0 Å². The predicted molar refractivity (Wildman–Crippen MR) is 70.5 cm³/mol. The van der Waals surface area contributed by atoms with Crippen molar-refractivity contribution in [1.82, 2.24) is 5.32 Å². The molecule has 0 saturated heterocycles. The summed E-state index contributed by atoms with van der Waals surface area (Å²) in [7, 11) is 0. The molecule has 0 spiro atoms. The first kappa shape index (κ1) is 12.3. The Balaban J connectivity index is 2.44. The molecule has 2 nitrogen and oxygen atoms in total. The van der Waals surface area contributed by atoms with E-state index in [1.807, 2.05) is 24.3 Å². The first-order valence-electron chi connectivity index (χ1n) is 4.88. The molecular weight excluding hydrogens is 228 g/mol. The largest absolute Gasteiger partial charge is 0.362 e. The van der Waals surface area contributed by atoms with E-state index in [4.69, 9.17) is 23.8 Å². The van der Waals surface area contributed by atoms with Crippen molar-refractivity contribution in [2.45, 2.75) is 13.8 Å². The number of rotatable bonds is 3. The molecule has 0 bridgehead atoms. The van der Waals surface area contributed by atoms with Crippen LogP contribution in [-0.4, -0.2) is 11.7 Å². The van der Waals surface area contributed by atoms with Gasteiger partial charge in [0, 0.05) is 17.3 Å². The van der Waals surface area contributed by atoms with E-state index in [0.29, 0.717) is 16.1 Å². The topological polar surface area (TPSA) is 24.1 Å². The third kappa shape index (κ3) is 5.00. The second kappa shape index (κ2) is 5.93. The zero-order valence-corrected chi connectivity index (χ0v) is 10.5. The molecule has 0 unspecified atom stereocenters. The number of halogens is 1. The minimum Gasteiger partial charge on any atom is -0.362 e. The smallest absolute Gasteiger partial charge is 0.170 e. The molecule has 0 amide bonds. The Labute approximate surface area is 101 Å². The third-order valence-corrected chi connectivity index (χ3v) is 2.23. The van der Waals surface area contributed by atoms with Gasteiger partial charge in [-0.25, -0.2) is 0 Å². The molecule has 0 aliphatic heterocycles. The van der Waals surface area contributed by atoms with E-state index in [1.54, 1.807) is 0 Å².